The van der Waals surface area contributed by atoms with Crippen LogP contribution in [0.25, 0.3) is 0 Å². The molecule has 1 atom stereocenters. The number of nitrogens with zero attached hydrogens (tertiary/aromatic N) is 2. The molecule has 4 heteroatoms. The van der Waals surface area contributed by atoms with Crippen LogP contribution in [0.2, 0.25) is 0 Å². The molecule has 2 rings (SSSR count). The van der Waals surface area contributed by atoms with Gasteiger partial charge in [-0.3, -0.25) is 4.68 Å². The molecule has 0 amide bonds. The molecule has 1 aromatic heterocycles. The Bertz CT molecular complexity index is 394. The second kappa shape index (κ2) is 6.20. The van der Waals surface area contributed by atoms with E-state index in [1.54, 1.807) is 0 Å². The third kappa shape index (κ3) is 2.80. The highest BCUT2D eigenvalue weighted by Crippen LogP contribution is 2.34. The molecule has 1 aliphatic carbocycles. The predicted molar refractivity (Wildman–Crippen MR) is 78.5 cm³/mol. The van der Waals surface area contributed by atoms with Crippen molar-refractivity contribution in [2.24, 2.45) is 24.6 Å². The number of rotatable bonds is 5. The fourth-order valence-electron chi connectivity index (χ4n) is 3.16. The smallest absolute Gasteiger partial charge is 0.0766 e. The van der Waals surface area contributed by atoms with Gasteiger partial charge in [-0.2, -0.15) is 5.10 Å². The quantitative estimate of drug-likeness (QED) is 0.908. The van der Waals surface area contributed by atoms with Gasteiger partial charge in [-0.1, -0.05) is 32.6 Å². The van der Waals surface area contributed by atoms with Crippen molar-refractivity contribution < 1.29 is 0 Å². The highest BCUT2D eigenvalue weighted by Gasteiger charge is 2.26. The summed E-state index contributed by atoms with van der Waals surface area (Å²) in [5.74, 6) is 1.44. The summed E-state index contributed by atoms with van der Waals surface area (Å²) in [5.41, 5.74) is 8.47. The Morgan fingerprint density at radius 3 is 2.61 bits per heavy atom. The van der Waals surface area contributed by atoms with E-state index in [0.29, 0.717) is 5.92 Å². The predicted octanol–water partition coefficient (Wildman–Crippen LogP) is 3.05. The number of aromatic nitrogens is 2. The van der Waals surface area contributed by atoms with Crippen molar-refractivity contribution in [2.45, 2.75) is 45.4 Å². The maximum Gasteiger partial charge on any atom is 0.0766 e. The van der Waals surface area contributed by atoms with Crippen LogP contribution >= 0.6 is 15.9 Å². The number of aryl methyl sites for hydroxylation is 2. The molecule has 102 valence electrons. The fourth-order valence-corrected chi connectivity index (χ4v) is 3.94. The van der Waals surface area contributed by atoms with E-state index in [9.17, 15) is 0 Å². The largest absolute Gasteiger partial charge is 0.330 e. The minimum absolute atomic E-state index is 0.615. The molecular weight excluding hydrogens is 290 g/mol. The van der Waals surface area contributed by atoms with Gasteiger partial charge in [-0.15, -0.1) is 0 Å². The van der Waals surface area contributed by atoms with Gasteiger partial charge in [-0.05, 0) is 47.2 Å². The van der Waals surface area contributed by atoms with E-state index in [4.69, 9.17) is 5.73 Å². The number of halogens is 1. The molecule has 18 heavy (non-hydrogen) atoms. The summed E-state index contributed by atoms with van der Waals surface area (Å²) >= 11 is 3.70. The van der Waals surface area contributed by atoms with Crippen molar-refractivity contribution >= 4 is 15.9 Å². The van der Waals surface area contributed by atoms with Crippen LogP contribution < -0.4 is 5.73 Å². The SMILES string of the molecule is CCc1nn(C)c(CC(CN)C2CCCC2)c1Br. The Morgan fingerprint density at radius 1 is 1.44 bits per heavy atom. The molecule has 0 spiro atoms. The summed E-state index contributed by atoms with van der Waals surface area (Å²) in [6.07, 6.45) is 7.52. The Morgan fingerprint density at radius 2 is 2.11 bits per heavy atom. The van der Waals surface area contributed by atoms with Gasteiger partial charge in [-0.25, -0.2) is 0 Å². The maximum atomic E-state index is 5.99. The van der Waals surface area contributed by atoms with Crippen LogP contribution in [0.3, 0.4) is 0 Å². The van der Waals surface area contributed by atoms with Crippen molar-refractivity contribution in [3.05, 3.63) is 15.9 Å². The summed E-state index contributed by atoms with van der Waals surface area (Å²) in [4.78, 5) is 0. The molecule has 2 N–H and O–H groups in total. The third-order valence-electron chi connectivity index (χ3n) is 4.33. The summed E-state index contributed by atoms with van der Waals surface area (Å²) in [6, 6.07) is 0. The van der Waals surface area contributed by atoms with E-state index < -0.39 is 0 Å². The topological polar surface area (TPSA) is 43.8 Å². The highest BCUT2D eigenvalue weighted by atomic mass is 79.9. The molecule has 3 nitrogen and oxygen atoms in total. The fraction of sp³-hybridized carbons (Fsp3) is 0.786. The molecule has 1 heterocycles. The van der Waals surface area contributed by atoms with Crippen molar-refractivity contribution in [1.29, 1.82) is 0 Å². The molecule has 1 saturated carbocycles. The average molecular weight is 314 g/mol. The Labute approximate surface area is 118 Å². The number of hydrogen-bond acceptors (Lipinski definition) is 2. The normalized spacial score (nSPS) is 18.4. The van der Waals surface area contributed by atoms with Crippen molar-refractivity contribution in [1.82, 2.24) is 9.78 Å². The molecule has 0 radical (unpaired) electrons. The van der Waals surface area contributed by atoms with Crippen LogP contribution in [0, 0.1) is 11.8 Å². The lowest BCUT2D eigenvalue weighted by molar-refractivity contribution is 0.338. The third-order valence-corrected chi connectivity index (χ3v) is 5.24. The lowest BCUT2D eigenvalue weighted by Crippen LogP contribution is -2.25. The molecular formula is C14H24BrN3. The van der Waals surface area contributed by atoms with Crippen LogP contribution in [-0.4, -0.2) is 16.3 Å². The van der Waals surface area contributed by atoms with E-state index in [0.717, 1.165) is 31.0 Å². The first-order chi connectivity index (χ1) is 8.67. The van der Waals surface area contributed by atoms with Crippen LogP contribution in [0.1, 0.15) is 44.0 Å². The number of hydrogen-bond donors (Lipinski definition) is 1. The van der Waals surface area contributed by atoms with Gasteiger partial charge >= 0.3 is 0 Å². The van der Waals surface area contributed by atoms with Crippen LogP contribution in [0.15, 0.2) is 4.47 Å². The first-order valence-electron chi connectivity index (χ1n) is 7.07. The molecule has 1 aliphatic rings. The molecule has 0 bridgehead atoms. The number of nitrogens with two attached hydrogens (primary N) is 1. The van der Waals surface area contributed by atoms with E-state index in [2.05, 4.69) is 28.0 Å². The monoisotopic (exact) mass is 313 g/mol. The first-order valence-corrected chi connectivity index (χ1v) is 7.87. The van der Waals surface area contributed by atoms with Gasteiger partial charge in [0.15, 0.2) is 0 Å². The second-order valence-electron chi connectivity index (χ2n) is 5.43. The zero-order valence-electron chi connectivity index (χ0n) is 11.5. The van der Waals surface area contributed by atoms with E-state index in [1.165, 1.54) is 35.8 Å². The average Bonchev–Trinajstić information content (AvgIpc) is 2.97. The van der Waals surface area contributed by atoms with Crippen molar-refractivity contribution in [2.75, 3.05) is 6.54 Å². The summed E-state index contributed by atoms with van der Waals surface area (Å²) in [5, 5.41) is 4.57. The van der Waals surface area contributed by atoms with Gasteiger partial charge in [0.25, 0.3) is 0 Å². The zero-order chi connectivity index (χ0) is 13.1. The molecule has 1 fully saturated rings. The van der Waals surface area contributed by atoms with Gasteiger partial charge in [0, 0.05) is 7.05 Å². The van der Waals surface area contributed by atoms with Crippen LogP contribution in [0.5, 0.6) is 0 Å². The Kier molecular flexibility index (Phi) is 4.84. The maximum absolute atomic E-state index is 5.99. The summed E-state index contributed by atoms with van der Waals surface area (Å²) in [7, 11) is 2.04. The molecule has 0 aliphatic heterocycles. The molecule has 1 unspecified atom stereocenters. The molecule has 1 aromatic rings. The van der Waals surface area contributed by atoms with Gasteiger partial charge in [0.05, 0.1) is 15.9 Å². The van der Waals surface area contributed by atoms with Gasteiger partial charge in [0.1, 0.15) is 0 Å². The van der Waals surface area contributed by atoms with E-state index in [-0.39, 0.29) is 0 Å². The minimum Gasteiger partial charge on any atom is -0.330 e. The Hall–Kier alpha value is -0.350. The molecule has 0 aromatic carbocycles. The second-order valence-corrected chi connectivity index (χ2v) is 6.22. The van der Waals surface area contributed by atoms with E-state index in [1.807, 2.05) is 11.7 Å². The highest BCUT2D eigenvalue weighted by molar-refractivity contribution is 9.10. The first kappa shape index (κ1) is 14.1. The zero-order valence-corrected chi connectivity index (χ0v) is 13.0. The van der Waals surface area contributed by atoms with Gasteiger partial charge in [0.2, 0.25) is 0 Å². The lowest BCUT2D eigenvalue weighted by atomic mass is 9.87. The van der Waals surface area contributed by atoms with Crippen molar-refractivity contribution in [3.63, 3.8) is 0 Å². The van der Waals surface area contributed by atoms with Crippen LogP contribution in [-0.2, 0) is 19.9 Å². The van der Waals surface area contributed by atoms with Gasteiger partial charge < -0.3 is 5.73 Å². The summed E-state index contributed by atoms with van der Waals surface area (Å²) in [6.45, 7) is 2.94. The van der Waals surface area contributed by atoms with Crippen molar-refractivity contribution in [3.8, 4) is 0 Å². The summed E-state index contributed by atoms with van der Waals surface area (Å²) < 4.78 is 3.23. The Balaban J connectivity index is 2.13. The van der Waals surface area contributed by atoms with E-state index >= 15 is 0 Å². The lowest BCUT2D eigenvalue weighted by Gasteiger charge is -2.21. The molecule has 0 saturated heterocycles. The minimum atomic E-state index is 0.615. The standard InChI is InChI=1S/C14H24BrN3/c1-3-12-14(15)13(18(2)17-12)8-11(9-16)10-6-4-5-7-10/h10-11H,3-9,16H2,1-2H3. The van der Waals surface area contributed by atoms with Crippen LogP contribution in [0.4, 0.5) is 0 Å².